The zero-order chi connectivity index (χ0) is 14.2. The van der Waals surface area contributed by atoms with E-state index >= 15 is 0 Å². The predicted molar refractivity (Wildman–Crippen MR) is 73.1 cm³/mol. The van der Waals surface area contributed by atoms with Crippen LogP contribution in [-0.4, -0.2) is 18.2 Å². The van der Waals surface area contributed by atoms with Gasteiger partial charge in [0.05, 0.1) is 16.9 Å². The number of sulfonamides is 1. The number of nitrogens with zero attached hydrogens (tertiary/aromatic N) is 2. The number of hydrogen-bond acceptors (Lipinski definition) is 3. The van der Waals surface area contributed by atoms with E-state index in [0.717, 1.165) is 12.1 Å². The van der Waals surface area contributed by atoms with Crippen molar-refractivity contribution in [3.63, 3.8) is 0 Å². The Balaban J connectivity index is 2.45. The Morgan fingerprint density at radius 1 is 1.47 bits per heavy atom. The van der Waals surface area contributed by atoms with Gasteiger partial charge in [-0.3, -0.25) is 9.40 Å². The molecular formula is C10H8BrClFN3O2S. The molecule has 5 nitrogen and oxygen atoms in total. The van der Waals surface area contributed by atoms with Gasteiger partial charge in [0.15, 0.2) is 5.03 Å². The van der Waals surface area contributed by atoms with Crippen LogP contribution < -0.4 is 4.72 Å². The molecule has 1 aromatic carbocycles. The summed E-state index contributed by atoms with van der Waals surface area (Å²) in [5.41, 5.74) is 0.0734. The van der Waals surface area contributed by atoms with Gasteiger partial charge in [-0.25, -0.2) is 4.39 Å². The highest BCUT2D eigenvalue weighted by atomic mass is 79.9. The molecule has 9 heteroatoms. The zero-order valence-corrected chi connectivity index (χ0v) is 12.7. The molecule has 2 aromatic rings. The van der Waals surface area contributed by atoms with Crippen LogP contribution in [0.25, 0.3) is 0 Å². The van der Waals surface area contributed by atoms with Crippen LogP contribution in [0.3, 0.4) is 0 Å². The maximum absolute atomic E-state index is 13.1. The summed E-state index contributed by atoms with van der Waals surface area (Å²) in [4.78, 5) is 0. The summed E-state index contributed by atoms with van der Waals surface area (Å²) in [6.45, 7) is 0. The normalized spacial score (nSPS) is 11.6. The van der Waals surface area contributed by atoms with Gasteiger partial charge in [-0.15, -0.1) is 0 Å². The number of nitrogens with one attached hydrogen (secondary N) is 1. The number of anilines is 1. The van der Waals surface area contributed by atoms with Gasteiger partial charge in [-0.05, 0) is 34.1 Å². The standard InChI is InChI=1S/C10H8BrClFN3O2S/c1-16-9(2-3-14-16)19(17,18)15-10-7(11)4-6(13)5-8(10)12/h2-5,15H,1H3. The number of benzene rings is 1. The molecule has 0 radical (unpaired) electrons. The van der Waals surface area contributed by atoms with Gasteiger partial charge in [-0.1, -0.05) is 11.6 Å². The van der Waals surface area contributed by atoms with Gasteiger partial charge >= 0.3 is 0 Å². The predicted octanol–water partition coefficient (Wildman–Crippen LogP) is 2.78. The first-order valence-corrected chi connectivity index (χ1v) is 7.62. The zero-order valence-electron chi connectivity index (χ0n) is 9.56. The van der Waals surface area contributed by atoms with Crippen molar-refractivity contribution >= 4 is 43.2 Å². The van der Waals surface area contributed by atoms with E-state index in [9.17, 15) is 12.8 Å². The minimum atomic E-state index is -3.84. The molecule has 0 atom stereocenters. The summed E-state index contributed by atoms with van der Waals surface area (Å²) in [6.07, 6.45) is 1.36. The van der Waals surface area contributed by atoms with E-state index in [2.05, 4.69) is 25.8 Å². The van der Waals surface area contributed by atoms with E-state index in [1.165, 1.54) is 24.0 Å². The first-order valence-electron chi connectivity index (χ1n) is 4.96. The fraction of sp³-hybridized carbons (Fsp3) is 0.100. The van der Waals surface area contributed by atoms with E-state index in [0.29, 0.717) is 0 Å². The van der Waals surface area contributed by atoms with Gasteiger partial charge in [0.2, 0.25) is 0 Å². The largest absolute Gasteiger partial charge is 0.279 e. The lowest BCUT2D eigenvalue weighted by Crippen LogP contribution is -2.17. The Morgan fingerprint density at radius 2 is 2.16 bits per heavy atom. The van der Waals surface area contributed by atoms with Crippen molar-refractivity contribution in [2.24, 2.45) is 7.05 Å². The molecule has 0 unspecified atom stereocenters. The minimum absolute atomic E-state index is 0.0280. The molecule has 0 fully saturated rings. The van der Waals surface area contributed by atoms with Crippen molar-refractivity contribution in [2.75, 3.05) is 4.72 Å². The average Bonchev–Trinajstić information content (AvgIpc) is 2.70. The molecular weight excluding hydrogens is 361 g/mol. The van der Waals surface area contributed by atoms with Crippen molar-refractivity contribution in [1.82, 2.24) is 9.78 Å². The maximum Gasteiger partial charge on any atom is 0.279 e. The first-order chi connectivity index (χ1) is 8.81. The fourth-order valence-electron chi connectivity index (χ4n) is 1.45. The Bertz CT molecular complexity index is 709. The third-order valence-corrected chi connectivity index (χ3v) is 4.64. The van der Waals surface area contributed by atoms with E-state index < -0.39 is 15.8 Å². The van der Waals surface area contributed by atoms with E-state index in [-0.39, 0.29) is 20.2 Å². The van der Waals surface area contributed by atoms with Crippen molar-refractivity contribution in [1.29, 1.82) is 0 Å². The van der Waals surface area contributed by atoms with E-state index in [4.69, 9.17) is 11.6 Å². The van der Waals surface area contributed by atoms with Gasteiger partial charge in [-0.2, -0.15) is 13.5 Å². The molecule has 0 saturated heterocycles. The number of aromatic nitrogens is 2. The average molecular weight is 369 g/mol. The van der Waals surface area contributed by atoms with Crippen LogP contribution in [0.1, 0.15) is 0 Å². The van der Waals surface area contributed by atoms with Crippen molar-refractivity contribution < 1.29 is 12.8 Å². The molecule has 1 aromatic heterocycles. The smallest absolute Gasteiger partial charge is 0.276 e. The molecule has 0 aliphatic heterocycles. The summed E-state index contributed by atoms with van der Waals surface area (Å²) in [7, 11) is -2.35. The number of rotatable bonds is 3. The number of aryl methyl sites for hydroxylation is 1. The Labute approximate surface area is 122 Å². The lowest BCUT2D eigenvalue weighted by Gasteiger charge is -2.11. The second-order valence-electron chi connectivity index (χ2n) is 3.64. The lowest BCUT2D eigenvalue weighted by atomic mass is 10.3. The van der Waals surface area contributed by atoms with Gasteiger partial charge in [0.1, 0.15) is 5.82 Å². The molecule has 0 aliphatic rings. The third kappa shape index (κ3) is 2.90. The molecule has 102 valence electrons. The molecule has 0 saturated carbocycles. The molecule has 1 N–H and O–H groups in total. The van der Waals surface area contributed by atoms with E-state index in [1.54, 1.807) is 0 Å². The summed E-state index contributed by atoms with van der Waals surface area (Å²) >= 11 is 8.88. The SMILES string of the molecule is Cn1nccc1S(=O)(=O)Nc1c(Cl)cc(F)cc1Br. The van der Waals surface area contributed by atoms with Crippen molar-refractivity contribution in [2.45, 2.75) is 5.03 Å². The maximum atomic E-state index is 13.1. The van der Waals surface area contributed by atoms with Crippen LogP contribution in [0.4, 0.5) is 10.1 Å². The lowest BCUT2D eigenvalue weighted by molar-refractivity contribution is 0.582. The highest BCUT2D eigenvalue weighted by Gasteiger charge is 2.21. The molecule has 0 aliphatic carbocycles. The van der Waals surface area contributed by atoms with Crippen LogP contribution in [0.2, 0.25) is 5.02 Å². The number of halogens is 3. The Kier molecular flexibility index (Phi) is 3.84. The Hall–Kier alpha value is -1.12. The van der Waals surface area contributed by atoms with Crippen molar-refractivity contribution in [3.05, 3.63) is 39.7 Å². The number of hydrogen-bond donors (Lipinski definition) is 1. The second kappa shape index (κ2) is 5.10. The van der Waals surface area contributed by atoms with Gasteiger partial charge < -0.3 is 0 Å². The second-order valence-corrected chi connectivity index (χ2v) is 6.53. The summed E-state index contributed by atoms with van der Waals surface area (Å²) < 4.78 is 41.0. The summed E-state index contributed by atoms with van der Waals surface area (Å²) in [5, 5.41) is 3.70. The van der Waals surface area contributed by atoms with Crippen LogP contribution >= 0.6 is 27.5 Å². The van der Waals surface area contributed by atoms with Gasteiger partial charge in [0.25, 0.3) is 10.0 Å². The van der Waals surface area contributed by atoms with Crippen LogP contribution in [0.15, 0.2) is 33.9 Å². The molecule has 19 heavy (non-hydrogen) atoms. The van der Waals surface area contributed by atoms with Gasteiger partial charge in [0, 0.05) is 11.5 Å². The monoisotopic (exact) mass is 367 g/mol. The van der Waals surface area contributed by atoms with E-state index in [1.807, 2.05) is 0 Å². The first kappa shape index (κ1) is 14.3. The molecule has 2 rings (SSSR count). The third-order valence-electron chi connectivity index (χ3n) is 2.29. The fourth-order valence-corrected chi connectivity index (χ4v) is 3.77. The highest BCUT2D eigenvalue weighted by molar-refractivity contribution is 9.10. The molecule has 0 bridgehead atoms. The summed E-state index contributed by atoms with van der Waals surface area (Å²) in [5.74, 6) is -0.569. The van der Waals surface area contributed by atoms with Crippen LogP contribution in [-0.2, 0) is 17.1 Å². The summed E-state index contributed by atoms with van der Waals surface area (Å²) in [6, 6.07) is 3.48. The van der Waals surface area contributed by atoms with Crippen molar-refractivity contribution in [3.8, 4) is 0 Å². The molecule has 0 amide bonds. The van der Waals surface area contributed by atoms with Crippen LogP contribution in [0.5, 0.6) is 0 Å². The van der Waals surface area contributed by atoms with Crippen LogP contribution in [0, 0.1) is 5.82 Å². The quantitative estimate of drug-likeness (QED) is 0.906. The molecule has 1 heterocycles. The Morgan fingerprint density at radius 3 is 2.68 bits per heavy atom. The molecule has 0 spiro atoms. The highest BCUT2D eigenvalue weighted by Crippen LogP contribution is 2.33. The minimum Gasteiger partial charge on any atom is -0.276 e. The topological polar surface area (TPSA) is 64.0 Å².